The number of Topliss-reactive ketones (excluding diaryl/α,β-unsaturated/α-hetero) is 1. The Balaban J connectivity index is 1.75. The Hall–Kier alpha value is -2.36. The molecule has 1 atom stereocenters. The molecule has 2 aliphatic carbocycles. The summed E-state index contributed by atoms with van der Waals surface area (Å²) < 4.78 is 5.90. The maximum atomic E-state index is 13.3. The molecule has 30 heavy (non-hydrogen) atoms. The van der Waals surface area contributed by atoms with E-state index >= 15 is 0 Å². The highest BCUT2D eigenvalue weighted by Gasteiger charge is 2.39. The Morgan fingerprint density at radius 3 is 2.33 bits per heavy atom. The van der Waals surface area contributed by atoms with Crippen LogP contribution in [0.15, 0.2) is 46.8 Å². The van der Waals surface area contributed by atoms with Crippen molar-refractivity contribution in [2.45, 2.75) is 90.1 Å². The fraction of sp³-hybridized carbons (Fsp3) is 0.538. The van der Waals surface area contributed by atoms with Crippen molar-refractivity contribution in [3.05, 3.63) is 57.9 Å². The van der Waals surface area contributed by atoms with Crippen molar-refractivity contribution in [3.63, 3.8) is 0 Å². The van der Waals surface area contributed by atoms with E-state index in [2.05, 4.69) is 50.4 Å². The highest BCUT2D eigenvalue weighted by Crippen LogP contribution is 2.43. The number of benzene rings is 1. The van der Waals surface area contributed by atoms with Crippen molar-refractivity contribution in [2.24, 2.45) is 0 Å². The molecule has 1 saturated carbocycles. The first-order valence-corrected chi connectivity index (χ1v) is 11.3. The first-order valence-electron chi connectivity index (χ1n) is 11.3. The van der Waals surface area contributed by atoms with Gasteiger partial charge in [0.25, 0.3) is 0 Å². The van der Waals surface area contributed by atoms with Gasteiger partial charge in [-0.05, 0) is 62.0 Å². The van der Waals surface area contributed by atoms with Crippen molar-refractivity contribution < 1.29 is 14.3 Å². The molecule has 1 aromatic carbocycles. The summed E-state index contributed by atoms with van der Waals surface area (Å²) in [5.41, 5.74) is 5.42. The second kappa shape index (κ2) is 8.05. The number of carbonyl (C=O) groups is 2. The molecule has 0 spiro atoms. The lowest BCUT2D eigenvalue weighted by molar-refractivity contribution is -0.144. The Bertz CT molecular complexity index is 909. The van der Waals surface area contributed by atoms with Gasteiger partial charge in [-0.15, -0.1) is 0 Å². The molecule has 160 valence electrons. The predicted molar refractivity (Wildman–Crippen MR) is 118 cm³/mol. The average Bonchev–Trinajstić information content (AvgIpc) is 3.19. The monoisotopic (exact) mass is 407 g/mol. The summed E-state index contributed by atoms with van der Waals surface area (Å²) >= 11 is 0. The first kappa shape index (κ1) is 20.9. The van der Waals surface area contributed by atoms with Crippen LogP contribution in [-0.2, 0) is 19.7 Å². The number of ketones is 1. The van der Waals surface area contributed by atoms with Crippen LogP contribution in [0.1, 0.15) is 89.7 Å². The third kappa shape index (κ3) is 3.97. The van der Waals surface area contributed by atoms with Crippen LogP contribution in [0.3, 0.4) is 0 Å². The van der Waals surface area contributed by atoms with E-state index in [-0.39, 0.29) is 29.2 Å². The van der Waals surface area contributed by atoms with E-state index in [1.807, 2.05) is 6.92 Å². The Morgan fingerprint density at radius 2 is 1.70 bits per heavy atom. The smallest absolute Gasteiger partial charge is 0.337 e. The van der Waals surface area contributed by atoms with Crippen molar-refractivity contribution in [2.75, 3.05) is 0 Å². The van der Waals surface area contributed by atoms with E-state index in [1.165, 1.54) is 5.56 Å². The van der Waals surface area contributed by atoms with Gasteiger partial charge in [-0.3, -0.25) is 4.79 Å². The third-order valence-electron chi connectivity index (χ3n) is 6.68. The fourth-order valence-electron chi connectivity index (χ4n) is 4.98. The minimum atomic E-state index is -0.350. The molecule has 1 aliphatic heterocycles. The number of allylic oxidation sites excluding steroid dienone is 3. The molecule has 0 aromatic heterocycles. The van der Waals surface area contributed by atoms with Gasteiger partial charge in [0, 0.05) is 29.3 Å². The normalized spacial score (nSPS) is 22.8. The first-order chi connectivity index (χ1) is 14.3. The van der Waals surface area contributed by atoms with E-state index in [0.717, 1.165) is 61.1 Å². The minimum Gasteiger partial charge on any atom is -0.459 e. The minimum absolute atomic E-state index is 0.000787. The highest BCUT2D eigenvalue weighted by molar-refractivity contribution is 6.03. The number of nitrogens with one attached hydrogen (secondary N) is 1. The summed E-state index contributed by atoms with van der Waals surface area (Å²) in [6, 6.07) is 8.42. The second-order valence-corrected chi connectivity index (χ2v) is 9.95. The quantitative estimate of drug-likeness (QED) is 0.678. The molecule has 1 aromatic rings. The molecule has 0 amide bonds. The lowest BCUT2D eigenvalue weighted by atomic mass is 9.74. The summed E-state index contributed by atoms with van der Waals surface area (Å²) in [7, 11) is 0. The number of hydrogen-bond donors (Lipinski definition) is 1. The van der Waals surface area contributed by atoms with E-state index in [4.69, 9.17) is 4.74 Å². The van der Waals surface area contributed by atoms with Gasteiger partial charge in [0.15, 0.2) is 5.78 Å². The van der Waals surface area contributed by atoms with E-state index in [0.29, 0.717) is 12.0 Å². The lowest BCUT2D eigenvalue weighted by Crippen LogP contribution is -2.35. The number of ether oxygens (including phenoxy) is 1. The van der Waals surface area contributed by atoms with Crippen molar-refractivity contribution in [1.82, 2.24) is 5.32 Å². The molecular formula is C26H33NO3. The van der Waals surface area contributed by atoms with Crippen LogP contribution in [0.5, 0.6) is 0 Å². The molecule has 3 aliphatic rings. The summed E-state index contributed by atoms with van der Waals surface area (Å²) in [6.45, 7) is 8.50. The molecular weight excluding hydrogens is 374 g/mol. The molecule has 0 saturated heterocycles. The Kier molecular flexibility index (Phi) is 5.61. The van der Waals surface area contributed by atoms with Gasteiger partial charge in [-0.25, -0.2) is 4.79 Å². The molecule has 0 radical (unpaired) electrons. The van der Waals surface area contributed by atoms with Gasteiger partial charge in [-0.1, -0.05) is 45.0 Å². The molecule has 0 bridgehead atoms. The largest absolute Gasteiger partial charge is 0.459 e. The maximum absolute atomic E-state index is 13.3. The number of dihydropyridines is 1. The summed E-state index contributed by atoms with van der Waals surface area (Å²) in [4.78, 5) is 26.3. The Morgan fingerprint density at radius 1 is 1.03 bits per heavy atom. The predicted octanol–water partition coefficient (Wildman–Crippen LogP) is 5.44. The number of rotatable bonds is 3. The van der Waals surface area contributed by atoms with Gasteiger partial charge in [-0.2, -0.15) is 0 Å². The van der Waals surface area contributed by atoms with Gasteiger partial charge in [0.2, 0.25) is 0 Å². The van der Waals surface area contributed by atoms with E-state index in [1.54, 1.807) is 0 Å². The lowest BCUT2D eigenvalue weighted by Gasteiger charge is -2.34. The number of esters is 1. The Labute approximate surface area is 179 Å². The average molecular weight is 408 g/mol. The molecule has 1 N–H and O–H groups in total. The summed E-state index contributed by atoms with van der Waals surface area (Å²) in [6.07, 6.45) is 6.34. The van der Waals surface area contributed by atoms with Gasteiger partial charge in [0.05, 0.1) is 5.57 Å². The van der Waals surface area contributed by atoms with Crippen LogP contribution < -0.4 is 5.32 Å². The van der Waals surface area contributed by atoms with Crippen LogP contribution in [0.2, 0.25) is 0 Å². The molecule has 1 fully saturated rings. The van der Waals surface area contributed by atoms with Crippen LogP contribution in [-0.4, -0.2) is 17.9 Å². The van der Waals surface area contributed by atoms with Gasteiger partial charge < -0.3 is 10.1 Å². The van der Waals surface area contributed by atoms with Crippen molar-refractivity contribution in [1.29, 1.82) is 0 Å². The van der Waals surface area contributed by atoms with Gasteiger partial charge in [0.1, 0.15) is 6.10 Å². The third-order valence-corrected chi connectivity index (χ3v) is 6.68. The molecule has 1 heterocycles. The molecule has 4 heteroatoms. The molecule has 4 nitrogen and oxygen atoms in total. The topological polar surface area (TPSA) is 55.4 Å². The molecule has 4 rings (SSSR count). The SMILES string of the molecule is CC1=C(C(=O)OC2CCCC2)[C@H](c2ccc(C(C)(C)C)cc2)C2=C(CCCC2=O)N1. The van der Waals surface area contributed by atoms with Crippen molar-refractivity contribution >= 4 is 11.8 Å². The van der Waals surface area contributed by atoms with Crippen LogP contribution in [0.25, 0.3) is 0 Å². The zero-order chi connectivity index (χ0) is 21.5. The van der Waals surface area contributed by atoms with Crippen LogP contribution in [0.4, 0.5) is 0 Å². The maximum Gasteiger partial charge on any atom is 0.337 e. The standard InChI is InChI=1S/C26H33NO3/c1-16-22(25(29)30-19-8-5-6-9-19)23(24-20(27-16)10-7-11-21(24)28)17-12-14-18(15-13-17)26(2,3)4/h12-15,19,23,27H,5-11H2,1-4H3/t23-/m0/s1. The number of hydrogen-bond acceptors (Lipinski definition) is 4. The zero-order valence-electron chi connectivity index (χ0n) is 18.6. The van der Waals surface area contributed by atoms with Gasteiger partial charge >= 0.3 is 5.97 Å². The fourth-order valence-corrected chi connectivity index (χ4v) is 4.98. The summed E-state index contributed by atoms with van der Waals surface area (Å²) in [5, 5.41) is 3.38. The highest BCUT2D eigenvalue weighted by atomic mass is 16.5. The van der Waals surface area contributed by atoms with Crippen LogP contribution in [0, 0.1) is 0 Å². The molecule has 0 unspecified atom stereocenters. The zero-order valence-corrected chi connectivity index (χ0v) is 18.6. The number of carbonyl (C=O) groups excluding carboxylic acids is 2. The van der Waals surface area contributed by atoms with Crippen LogP contribution >= 0.6 is 0 Å². The summed E-state index contributed by atoms with van der Waals surface area (Å²) in [5.74, 6) is -0.481. The van der Waals surface area contributed by atoms with E-state index in [9.17, 15) is 9.59 Å². The van der Waals surface area contributed by atoms with E-state index < -0.39 is 0 Å². The van der Waals surface area contributed by atoms with Crippen molar-refractivity contribution in [3.8, 4) is 0 Å². The second-order valence-electron chi connectivity index (χ2n) is 9.95.